The summed E-state index contributed by atoms with van der Waals surface area (Å²) in [6.45, 7) is 6.09. The van der Waals surface area contributed by atoms with Crippen LogP contribution in [0.25, 0.3) is 22.2 Å². The Bertz CT molecular complexity index is 1310. The number of hydrogen-bond acceptors (Lipinski definition) is 5. The van der Waals surface area contributed by atoms with E-state index in [-0.39, 0.29) is 6.10 Å². The van der Waals surface area contributed by atoms with Gasteiger partial charge in [0.2, 0.25) is 0 Å². The molecule has 1 N–H and O–H groups in total. The number of morpholine rings is 1. The topological polar surface area (TPSA) is 79.5 Å². The standard InChI is InChI=1S/C29H32N4O3/c1-19(21-4-5-21)36-29(34)31-23-8-6-22(7-9-23)28-26(17-30)25-11-10-24(32-12-14-35-15-13-32)16-27(25)33(28)18-20-2-3-20/h6-11,16,19-21H,2-5,12-15,18H2,1H3,(H,31,34)/t19-/m1/s1. The first-order valence-corrected chi connectivity index (χ1v) is 13.1. The Balaban J connectivity index is 1.32. The molecule has 0 unspecified atom stereocenters. The monoisotopic (exact) mass is 484 g/mol. The Morgan fingerprint density at radius 3 is 2.56 bits per heavy atom. The van der Waals surface area contributed by atoms with Crippen LogP contribution in [-0.2, 0) is 16.0 Å². The van der Waals surface area contributed by atoms with Gasteiger partial charge in [-0.3, -0.25) is 5.32 Å². The van der Waals surface area contributed by atoms with Gasteiger partial charge in [0.15, 0.2) is 0 Å². The lowest BCUT2D eigenvalue weighted by Gasteiger charge is -2.29. The molecule has 2 heterocycles. The summed E-state index contributed by atoms with van der Waals surface area (Å²) in [5.41, 5.74) is 5.60. The van der Waals surface area contributed by atoms with E-state index in [4.69, 9.17) is 9.47 Å². The summed E-state index contributed by atoms with van der Waals surface area (Å²) >= 11 is 0. The first-order valence-electron chi connectivity index (χ1n) is 13.1. The van der Waals surface area contributed by atoms with Crippen LogP contribution in [0.2, 0.25) is 0 Å². The summed E-state index contributed by atoms with van der Waals surface area (Å²) in [4.78, 5) is 14.6. The molecule has 0 radical (unpaired) electrons. The van der Waals surface area contributed by atoms with Crippen LogP contribution in [0.15, 0.2) is 42.5 Å². The van der Waals surface area contributed by atoms with Crippen LogP contribution in [0.4, 0.5) is 16.2 Å². The smallest absolute Gasteiger partial charge is 0.411 e. The minimum Gasteiger partial charge on any atom is -0.446 e. The summed E-state index contributed by atoms with van der Waals surface area (Å²) < 4.78 is 13.4. The Hall–Kier alpha value is -3.50. The van der Waals surface area contributed by atoms with Crippen molar-refractivity contribution in [3.8, 4) is 17.3 Å². The summed E-state index contributed by atoms with van der Waals surface area (Å²) in [7, 11) is 0. The maximum Gasteiger partial charge on any atom is 0.411 e. The molecular weight excluding hydrogens is 452 g/mol. The number of hydrogen-bond donors (Lipinski definition) is 1. The van der Waals surface area contributed by atoms with E-state index in [0.29, 0.717) is 23.1 Å². The van der Waals surface area contributed by atoms with Crippen molar-refractivity contribution in [1.82, 2.24) is 4.57 Å². The fourth-order valence-corrected chi connectivity index (χ4v) is 5.21. The van der Waals surface area contributed by atoms with Gasteiger partial charge in [0.05, 0.1) is 30.0 Å². The first-order chi connectivity index (χ1) is 17.6. The van der Waals surface area contributed by atoms with Gasteiger partial charge >= 0.3 is 6.09 Å². The van der Waals surface area contributed by atoms with Gasteiger partial charge in [-0.15, -0.1) is 0 Å². The second-order valence-corrected chi connectivity index (χ2v) is 10.3. The van der Waals surface area contributed by atoms with E-state index in [1.54, 1.807) is 0 Å². The van der Waals surface area contributed by atoms with Crippen molar-refractivity contribution in [2.45, 2.75) is 45.3 Å². The predicted octanol–water partition coefficient (Wildman–Crippen LogP) is 5.77. The third kappa shape index (κ3) is 4.66. The van der Waals surface area contributed by atoms with Gasteiger partial charge in [0, 0.05) is 36.4 Å². The van der Waals surface area contributed by atoms with Crippen LogP contribution < -0.4 is 10.2 Å². The number of benzene rings is 2. The third-order valence-electron chi connectivity index (χ3n) is 7.66. The SMILES string of the molecule is C[C@@H](OC(=O)Nc1ccc(-c2c(C#N)c3ccc(N4CCOCC4)cc3n2CC2CC2)cc1)C1CC1. The zero-order chi connectivity index (χ0) is 24.6. The highest BCUT2D eigenvalue weighted by atomic mass is 16.6. The molecule has 3 aliphatic rings. The van der Waals surface area contributed by atoms with Crippen LogP contribution in [0.5, 0.6) is 0 Å². The number of fused-ring (bicyclic) bond motifs is 1. The van der Waals surface area contributed by atoms with Crippen molar-refractivity contribution in [1.29, 1.82) is 5.26 Å². The summed E-state index contributed by atoms with van der Waals surface area (Å²) in [6, 6.07) is 16.7. The molecule has 2 saturated carbocycles. The van der Waals surface area contributed by atoms with Crippen molar-refractivity contribution in [2.75, 3.05) is 36.5 Å². The molecular formula is C29H32N4O3. The average molecular weight is 485 g/mol. The largest absolute Gasteiger partial charge is 0.446 e. The minimum absolute atomic E-state index is 0.0528. The molecule has 2 aliphatic carbocycles. The molecule has 1 saturated heterocycles. The lowest BCUT2D eigenvalue weighted by molar-refractivity contribution is 0.108. The number of aromatic nitrogens is 1. The summed E-state index contributed by atoms with van der Waals surface area (Å²) in [6.07, 6.45) is 4.25. The quantitative estimate of drug-likeness (QED) is 0.460. The molecule has 6 rings (SSSR count). The number of amides is 1. The number of nitrogens with zero attached hydrogens (tertiary/aromatic N) is 3. The lowest BCUT2D eigenvalue weighted by Crippen LogP contribution is -2.36. The lowest BCUT2D eigenvalue weighted by atomic mass is 10.1. The van der Waals surface area contributed by atoms with Crippen LogP contribution in [0, 0.1) is 23.2 Å². The molecule has 3 aromatic rings. The Morgan fingerprint density at radius 2 is 1.89 bits per heavy atom. The Labute approximate surface area is 211 Å². The van der Waals surface area contributed by atoms with Crippen molar-refractivity contribution in [2.24, 2.45) is 11.8 Å². The predicted molar refractivity (Wildman–Crippen MR) is 140 cm³/mol. The van der Waals surface area contributed by atoms with Crippen LogP contribution in [-0.4, -0.2) is 43.1 Å². The second-order valence-electron chi connectivity index (χ2n) is 10.3. The number of carbonyl (C=O) groups is 1. The van der Waals surface area contributed by atoms with Gasteiger partial charge in [0.1, 0.15) is 12.2 Å². The van der Waals surface area contributed by atoms with Crippen molar-refractivity contribution < 1.29 is 14.3 Å². The van der Waals surface area contributed by atoms with E-state index in [9.17, 15) is 10.1 Å². The fraction of sp³-hybridized carbons (Fsp3) is 0.448. The number of ether oxygens (including phenoxy) is 2. The fourth-order valence-electron chi connectivity index (χ4n) is 5.21. The molecule has 7 heteroatoms. The molecule has 36 heavy (non-hydrogen) atoms. The highest BCUT2D eigenvalue weighted by molar-refractivity contribution is 5.96. The molecule has 0 bridgehead atoms. The summed E-state index contributed by atoms with van der Waals surface area (Å²) in [5, 5.41) is 14.0. The number of nitrogens with one attached hydrogen (secondary N) is 1. The molecule has 0 spiro atoms. The minimum atomic E-state index is -0.418. The number of nitriles is 1. The van der Waals surface area contributed by atoms with Gasteiger partial charge in [-0.25, -0.2) is 4.79 Å². The Morgan fingerprint density at radius 1 is 1.14 bits per heavy atom. The van der Waals surface area contributed by atoms with Gasteiger partial charge in [-0.1, -0.05) is 12.1 Å². The molecule has 7 nitrogen and oxygen atoms in total. The van der Waals surface area contributed by atoms with E-state index < -0.39 is 6.09 Å². The van der Waals surface area contributed by atoms with Gasteiger partial charge in [0.25, 0.3) is 0 Å². The maximum atomic E-state index is 12.3. The average Bonchev–Trinajstić information content (AvgIpc) is 3.82. The first kappa shape index (κ1) is 22.9. The van der Waals surface area contributed by atoms with Crippen LogP contribution >= 0.6 is 0 Å². The number of anilines is 2. The number of rotatable bonds is 7. The van der Waals surface area contributed by atoms with E-state index in [1.165, 1.54) is 18.5 Å². The van der Waals surface area contributed by atoms with Crippen LogP contribution in [0.3, 0.4) is 0 Å². The molecule has 1 aromatic heterocycles. The molecule has 1 atom stereocenters. The van der Waals surface area contributed by atoms with Crippen molar-refractivity contribution in [3.63, 3.8) is 0 Å². The zero-order valence-electron chi connectivity index (χ0n) is 20.7. The van der Waals surface area contributed by atoms with E-state index in [1.807, 2.05) is 31.2 Å². The highest BCUT2D eigenvalue weighted by Crippen LogP contribution is 2.40. The molecule has 186 valence electrons. The zero-order valence-corrected chi connectivity index (χ0v) is 20.7. The number of carbonyl (C=O) groups excluding carboxylic acids is 1. The van der Waals surface area contributed by atoms with Gasteiger partial charge in [-0.05, 0) is 80.3 Å². The molecule has 1 amide bonds. The van der Waals surface area contributed by atoms with Gasteiger partial charge in [-0.2, -0.15) is 5.26 Å². The van der Waals surface area contributed by atoms with E-state index >= 15 is 0 Å². The highest BCUT2D eigenvalue weighted by Gasteiger charge is 2.31. The van der Waals surface area contributed by atoms with Crippen molar-refractivity contribution in [3.05, 3.63) is 48.0 Å². The van der Waals surface area contributed by atoms with E-state index in [2.05, 4.69) is 39.1 Å². The normalized spacial score (nSPS) is 18.6. The maximum absolute atomic E-state index is 12.3. The third-order valence-corrected chi connectivity index (χ3v) is 7.66. The Kier molecular flexibility index (Phi) is 6.06. The van der Waals surface area contributed by atoms with Gasteiger partial charge < -0.3 is 18.9 Å². The van der Waals surface area contributed by atoms with E-state index in [0.717, 1.165) is 67.8 Å². The molecule has 3 fully saturated rings. The molecule has 2 aromatic carbocycles. The van der Waals surface area contributed by atoms with Crippen molar-refractivity contribution >= 4 is 28.4 Å². The molecule has 1 aliphatic heterocycles. The van der Waals surface area contributed by atoms with Crippen LogP contribution in [0.1, 0.15) is 38.2 Å². The second kappa shape index (κ2) is 9.51. The summed E-state index contributed by atoms with van der Waals surface area (Å²) in [5.74, 6) is 1.15.